The predicted molar refractivity (Wildman–Crippen MR) is 101 cm³/mol. The fourth-order valence-electron chi connectivity index (χ4n) is 2.72. The van der Waals surface area contributed by atoms with E-state index in [4.69, 9.17) is 4.74 Å². The molecule has 0 aliphatic rings. The zero-order valence-electron chi connectivity index (χ0n) is 13.8. The molecule has 0 radical (unpaired) electrons. The highest BCUT2D eigenvalue weighted by atomic mass is 16.5. The number of methoxy groups -OCH3 is 1. The second-order valence-electron chi connectivity index (χ2n) is 5.62. The summed E-state index contributed by atoms with van der Waals surface area (Å²) in [6, 6.07) is 23.1. The van der Waals surface area contributed by atoms with Crippen LogP contribution in [0.4, 0.5) is 0 Å². The third-order valence-corrected chi connectivity index (χ3v) is 3.92. The minimum Gasteiger partial charge on any atom is -0.505 e. The SMILES string of the molecule is CO/C=C/Cc1cc2ccccc2cc1CC#Cc1ccccc1. The van der Waals surface area contributed by atoms with Gasteiger partial charge in [0.1, 0.15) is 0 Å². The number of ether oxygens (including phenoxy) is 1. The van der Waals surface area contributed by atoms with E-state index < -0.39 is 0 Å². The molecule has 0 aliphatic carbocycles. The summed E-state index contributed by atoms with van der Waals surface area (Å²) in [4.78, 5) is 0. The second-order valence-corrected chi connectivity index (χ2v) is 5.62. The standard InChI is InChI=1S/C23H20O/c1-24-16-8-15-23-18-21-13-6-5-12-20(21)17-22(23)14-7-11-19-9-3-2-4-10-19/h2-6,8-10,12-13,16-18H,14-15H2,1H3/b16-8+. The summed E-state index contributed by atoms with van der Waals surface area (Å²) < 4.78 is 5.02. The van der Waals surface area contributed by atoms with Crippen molar-refractivity contribution < 1.29 is 4.74 Å². The van der Waals surface area contributed by atoms with E-state index >= 15 is 0 Å². The van der Waals surface area contributed by atoms with Crippen molar-refractivity contribution >= 4 is 10.8 Å². The fourth-order valence-corrected chi connectivity index (χ4v) is 2.72. The molecule has 0 saturated heterocycles. The van der Waals surface area contributed by atoms with E-state index in [1.165, 1.54) is 21.9 Å². The van der Waals surface area contributed by atoms with Crippen molar-refractivity contribution in [2.24, 2.45) is 0 Å². The number of fused-ring (bicyclic) bond motifs is 1. The van der Waals surface area contributed by atoms with E-state index in [9.17, 15) is 0 Å². The maximum atomic E-state index is 5.02. The van der Waals surface area contributed by atoms with Crippen LogP contribution in [0.1, 0.15) is 16.7 Å². The molecule has 0 spiro atoms. The van der Waals surface area contributed by atoms with Gasteiger partial charge in [-0.2, -0.15) is 0 Å². The van der Waals surface area contributed by atoms with E-state index in [0.29, 0.717) is 0 Å². The first-order valence-corrected chi connectivity index (χ1v) is 8.09. The quantitative estimate of drug-likeness (QED) is 0.479. The summed E-state index contributed by atoms with van der Waals surface area (Å²) in [6.45, 7) is 0. The molecule has 1 nitrogen and oxygen atoms in total. The van der Waals surface area contributed by atoms with Crippen LogP contribution < -0.4 is 0 Å². The van der Waals surface area contributed by atoms with Gasteiger partial charge in [0.05, 0.1) is 13.4 Å². The zero-order chi connectivity index (χ0) is 16.6. The van der Waals surface area contributed by atoms with Crippen molar-refractivity contribution in [1.29, 1.82) is 0 Å². The van der Waals surface area contributed by atoms with Gasteiger partial charge < -0.3 is 4.74 Å². The third kappa shape index (κ3) is 4.06. The third-order valence-electron chi connectivity index (χ3n) is 3.92. The number of allylic oxidation sites excluding steroid dienone is 1. The van der Waals surface area contributed by atoms with Gasteiger partial charge in [0.25, 0.3) is 0 Å². The maximum absolute atomic E-state index is 5.02. The number of rotatable bonds is 4. The summed E-state index contributed by atoms with van der Waals surface area (Å²) in [5, 5.41) is 2.52. The Morgan fingerprint density at radius 2 is 1.54 bits per heavy atom. The van der Waals surface area contributed by atoms with Gasteiger partial charge in [-0.25, -0.2) is 0 Å². The molecule has 3 rings (SSSR count). The highest BCUT2D eigenvalue weighted by molar-refractivity contribution is 5.84. The van der Waals surface area contributed by atoms with Gasteiger partial charge in [-0.15, -0.1) is 0 Å². The Bertz CT molecular complexity index is 895. The van der Waals surface area contributed by atoms with Gasteiger partial charge >= 0.3 is 0 Å². The van der Waals surface area contributed by atoms with E-state index in [0.717, 1.165) is 18.4 Å². The van der Waals surface area contributed by atoms with Crippen LogP contribution in [0, 0.1) is 11.8 Å². The normalized spacial score (nSPS) is 10.5. The first kappa shape index (κ1) is 15.9. The molecule has 0 aromatic heterocycles. The monoisotopic (exact) mass is 312 g/mol. The van der Waals surface area contributed by atoms with Crippen LogP contribution in [0.15, 0.2) is 79.1 Å². The van der Waals surface area contributed by atoms with Crippen molar-refractivity contribution in [2.45, 2.75) is 12.8 Å². The molecule has 0 aliphatic heterocycles. The molecule has 0 amide bonds. The second kappa shape index (κ2) is 8.04. The number of benzene rings is 3. The Morgan fingerprint density at radius 1 is 0.875 bits per heavy atom. The number of hydrogen-bond acceptors (Lipinski definition) is 1. The average molecular weight is 312 g/mol. The molecule has 0 atom stereocenters. The van der Waals surface area contributed by atoms with E-state index in [-0.39, 0.29) is 0 Å². The summed E-state index contributed by atoms with van der Waals surface area (Å²) in [6.07, 6.45) is 5.36. The van der Waals surface area contributed by atoms with E-state index in [1.807, 2.05) is 36.4 Å². The molecule has 0 heterocycles. The Balaban J connectivity index is 1.90. The van der Waals surface area contributed by atoms with Gasteiger partial charge in [0.2, 0.25) is 0 Å². The van der Waals surface area contributed by atoms with Crippen molar-refractivity contribution in [3.63, 3.8) is 0 Å². The van der Waals surface area contributed by atoms with E-state index in [1.54, 1.807) is 13.4 Å². The van der Waals surface area contributed by atoms with E-state index in [2.05, 4.69) is 48.2 Å². The average Bonchev–Trinajstić information content (AvgIpc) is 2.63. The molecule has 0 unspecified atom stereocenters. The van der Waals surface area contributed by atoms with Crippen molar-refractivity contribution in [3.8, 4) is 11.8 Å². The molecule has 0 bridgehead atoms. The van der Waals surface area contributed by atoms with Crippen molar-refractivity contribution in [1.82, 2.24) is 0 Å². The Kier molecular flexibility index (Phi) is 5.32. The lowest BCUT2D eigenvalue weighted by Crippen LogP contribution is -1.93. The first-order chi connectivity index (χ1) is 11.9. The van der Waals surface area contributed by atoms with Gasteiger partial charge in [-0.1, -0.05) is 60.4 Å². The Labute approximate surface area is 143 Å². The molecule has 0 saturated carbocycles. The number of hydrogen-bond donors (Lipinski definition) is 0. The minimum atomic E-state index is 0.746. The van der Waals surface area contributed by atoms with Crippen LogP contribution in [0.2, 0.25) is 0 Å². The fraction of sp³-hybridized carbons (Fsp3) is 0.130. The lowest BCUT2D eigenvalue weighted by molar-refractivity contribution is 0.337. The van der Waals surface area contributed by atoms with Crippen molar-refractivity contribution in [3.05, 3.63) is 95.8 Å². The molecule has 0 N–H and O–H groups in total. The van der Waals surface area contributed by atoms with Crippen LogP contribution in [-0.4, -0.2) is 7.11 Å². The molecule has 1 heteroatoms. The molecule has 3 aromatic rings. The summed E-state index contributed by atoms with van der Waals surface area (Å²) >= 11 is 0. The molecule has 0 fully saturated rings. The van der Waals surface area contributed by atoms with Crippen molar-refractivity contribution in [2.75, 3.05) is 7.11 Å². The lowest BCUT2D eigenvalue weighted by atomic mass is 9.97. The topological polar surface area (TPSA) is 9.23 Å². The maximum Gasteiger partial charge on any atom is 0.0788 e. The largest absolute Gasteiger partial charge is 0.505 e. The Morgan fingerprint density at radius 3 is 2.25 bits per heavy atom. The van der Waals surface area contributed by atoms with Crippen LogP contribution in [0.25, 0.3) is 10.8 Å². The first-order valence-electron chi connectivity index (χ1n) is 8.09. The van der Waals surface area contributed by atoms with Gasteiger partial charge in [0.15, 0.2) is 0 Å². The summed E-state index contributed by atoms with van der Waals surface area (Å²) in [5.41, 5.74) is 3.63. The van der Waals surface area contributed by atoms with Gasteiger partial charge in [-0.3, -0.25) is 0 Å². The highest BCUT2D eigenvalue weighted by Gasteiger charge is 2.03. The predicted octanol–water partition coefficient (Wildman–Crippen LogP) is 5.14. The molecular weight excluding hydrogens is 292 g/mol. The molecular formula is C23H20O. The van der Waals surface area contributed by atoms with Gasteiger partial charge in [0, 0.05) is 12.0 Å². The van der Waals surface area contributed by atoms with Crippen LogP contribution in [-0.2, 0) is 17.6 Å². The van der Waals surface area contributed by atoms with Gasteiger partial charge in [-0.05, 0) is 52.6 Å². The Hall–Kier alpha value is -2.98. The van der Waals surface area contributed by atoms with Crippen LogP contribution in [0.5, 0.6) is 0 Å². The van der Waals surface area contributed by atoms with Crippen LogP contribution >= 0.6 is 0 Å². The highest BCUT2D eigenvalue weighted by Crippen LogP contribution is 2.21. The zero-order valence-corrected chi connectivity index (χ0v) is 13.8. The molecule has 3 aromatic carbocycles. The smallest absolute Gasteiger partial charge is 0.0788 e. The minimum absolute atomic E-state index is 0.746. The summed E-state index contributed by atoms with van der Waals surface area (Å²) in [5.74, 6) is 6.55. The lowest BCUT2D eigenvalue weighted by Gasteiger charge is -2.08. The molecule has 24 heavy (non-hydrogen) atoms. The molecule has 118 valence electrons. The summed E-state index contributed by atoms with van der Waals surface area (Å²) in [7, 11) is 1.67. The van der Waals surface area contributed by atoms with Crippen LogP contribution in [0.3, 0.4) is 0 Å².